The standard InChI is InChI=1S/C15H19FN2O2/c1-15(16)4-7-18(8-5-15)14(19)11-2-3-12-13(10-11)20-9-6-17-12/h2-3,10,17H,4-9H2,1H3. The summed E-state index contributed by atoms with van der Waals surface area (Å²) < 4.78 is 19.3. The van der Waals surface area contributed by atoms with Gasteiger partial charge >= 0.3 is 0 Å². The summed E-state index contributed by atoms with van der Waals surface area (Å²) in [5.41, 5.74) is 0.386. The molecule has 20 heavy (non-hydrogen) atoms. The molecule has 0 saturated carbocycles. The average Bonchev–Trinajstić information content (AvgIpc) is 2.46. The van der Waals surface area contributed by atoms with Crippen LogP contribution in [0.2, 0.25) is 0 Å². The van der Waals surface area contributed by atoms with Crippen molar-refractivity contribution in [2.24, 2.45) is 0 Å². The molecule has 0 bridgehead atoms. The van der Waals surface area contributed by atoms with Crippen molar-refractivity contribution < 1.29 is 13.9 Å². The van der Waals surface area contributed by atoms with Gasteiger partial charge in [-0.1, -0.05) is 0 Å². The molecule has 1 fully saturated rings. The van der Waals surface area contributed by atoms with Crippen LogP contribution in [-0.2, 0) is 0 Å². The molecule has 1 amide bonds. The Hall–Kier alpha value is -1.78. The van der Waals surface area contributed by atoms with E-state index in [4.69, 9.17) is 4.74 Å². The highest BCUT2D eigenvalue weighted by atomic mass is 19.1. The number of alkyl halides is 1. The minimum atomic E-state index is -1.14. The molecular formula is C15H19FN2O2. The van der Waals surface area contributed by atoms with Crippen molar-refractivity contribution in [3.05, 3.63) is 23.8 Å². The molecule has 0 aromatic heterocycles. The van der Waals surface area contributed by atoms with Crippen LogP contribution in [-0.4, -0.2) is 42.7 Å². The first-order chi connectivity index (χ1) is 9.55. The molecule has 0 unspecified atom stereocenters. The fourth-order valence-electron chi connectivity index (χ4n) is 2.63. The Morgan fingerprint density at radius 3 is 2.90 bits per heavy atom. The maximum atomic E-state index is 13.8. The molecule has 1 aromatic carbocycles. The number of benzene rings is 1. The summed E-state index contributed by atoms with van der Waals surface area (Å²) >= 11 is 0. The number of nitrogens with one attached hydrogen (secondary N) is 1. The lowest BCUT2D eigenvalue weighted by molar-refractivity contribution is 0.0503. The van der Waals surface area contributed by atoms with Crippen molar-refractivity contribution in [1.82, 2.24) is 4.90 Å². The van der Waals surface area contributed by atoms with Crippen LogP contribution in [0.15, 0.2) is 18.2 Å². The number of amides is 1. The second-order valence-electron chi connectivity index (χ2n) is 5.69. The summed E-state index contributed by atoms with van der Waals surface area (Å²) in [6, 6.07) is 5.43. The first-order valence-corrected chi connectivity index (χ1v) is 7.04. The predicted molar refractivity (Wildman–Crippen MR) is 75.1 cm³/mol. The molecule has 2 heterocycles. The number of carbonyl (C=O) groups is 1. The van der Waals surface area contributed by atoms with Crippen molar-refractivity contribution in [2.75, 3.05) is 31.6 Å². The molecule has 2 aliphatic heterocycles. The third-order valence-corrected chi connectivity index (χ3v) is 4.00. The highest BCUT2D eigenvalue weighted by Gasteiger charge is 2.32. The maximum absolute atomic E-state index is 13.8. The van der Waals surface area contributed by atoms with Gasteiger partial charge in [0.2, 0.25) is 0 Å². The normalized spacial score (nSPS) is 20.6. The molecule has 4 nitrogen and oxygen atoms in total. The number of fused-ring (bicyclic) bond motifs is 1. The van der Waals surface area contributed by atoms with Crippen LogP contribution in [0.4, 0.5) is 10.1 Å². The van der Waals surface area contributed by atoms with Gasteiger partial charge in [0.05, 0.1) is 5.69 Å². The van der Waals surface area contributed by atoms with E-state index in [2.05, 4.69) is 5.32 Å². The topological polar surface area (TPSA) is 41.6 Å². The monoisotopic (exact) mass is 278 g/mol. The van der Waals surface area contributed by atoms with Crippen molar-refractivity contribution in [3.8, 4) is 5.75 Å². The van der Waals surface area contributed by atoms with Crippen LogP contribution < -0.4 is 10.1 Å². The third-order valence-electron chi connectivity index (χ3n) is 4.00. The van der Waals surface area contributed by atoms with Crippen LogP contribution >= 0.6 is 0 Å². The van der Waals surface area contributed by atoms with E-state index >= 15 is 0 Å². The summed E-state index contributed by atoms with van der Waals surface area (Å²) in [5, 5.41) is 3.22. The quantitative estimate of drug-likeness (QED) is 0.858. The van der Waals surface area contributed by atoms with E-state index in [9.17, 15) is 9.18 Å². The third kappa shape index (κ3) is 2.57. The van der Waals surface area contributed by atoms with Gasteiger partial charge in [0.15, 0.2) is 0 Å². The van der Waals surface area contributed by atoms with Gasteiger partial charge in [0, 0.05) is 25.2 Å². The molecule has 1 saturated heterocycles. The number of anilines is 1. The second-order valence-corrected chi connectivity index (χ2v) is 5.69. The number of hydrogen-bond acceptors (Lipinski definition) is 3. The largest absolute Gasteiger partial charge is 0.490 e. The van der Waals surface area contributed by atoms with Gasteiger partial charge in [-0.05, 0) is 38.0 Å². The number of rotatable bonds is 1. The number of halogens is 1. The molecule has 2 aliphatic rings. The lowest BCUT2D eigenvalue weighted by Gasteiger charge is -2.34. The SMILES string of the molecule is CC1(F)CCN(C(=O)c2ccc3c(c2)OCCN3)CC1. The van der Waals surface area contributed by atoms with Crippen LogP contribution in [0, 0.1) is 0 Å². The molecule has 5 heteroatoms. The zero-order chi connectivity index (χ0) is 14.2. The summed E-state index contributed by atoms with van der Waals surface area (Å²) in [4.78, 5) is 14.1. The van der Waals surface area contributed by atoms with E-state index in [1.165, 1.54) is 0 Å². The molecule has 1 N–H and O–H groups in total. The Kier molecular flexibility index (Phi) is 3.28. The van der Waals surface area contributed by atoms with E-state index in [0.29, 0.717) is 38.1 Å². The number of nitrogens with zero attached hydrogens (tertiary/aromatic N) is 1. The molecule has 108 valence electrons. The highest BCUT2D eigenvalue weighted by Crippen LogP contribution is 2.30. The number of carbonyl (C=O) groups excluding carboxylic acids is 1. The minimum absolute atomic E-state index is 0.0440. The zero-order valence-electron chi connectivity index (χ0n) is 11.6. The molecule has 0 aliphatic carbocycles. The summed E-state index contributed by atoms with van der Waals surface area (Å²) in [7, 11) is 0. The van der Waals surface area contributed by atoms with E-state index in [1.807, 2.05) is 6.07 Å². The van der Waals surface area contributed by atoms with E-state index in [-0.39, 0.29) is 5.91 Å². The molecular weight excluding hydrogens is 259 g/mol. The Bertz CT molecular complexity index is 521. The minimum Gasteiger partial charge on any atom is -0.490 e. The van der Waals surface area contributed by atoms with E-state index < -0.39 is 5.67 Å². The average molecular weight is 278 g/mol. The van der Waals surface area contributed by atoms with Crippen molar-refractivity contribution >= 4 is 11.6 Å². The number of likely N-dealkylation sites (tertiary alicyclic amines) is 1. The Morgan fingerprint density at radius 1 is 1.40 bits per heavy atom. The number of piperidine rings is 1. The van der Waals surface area contributed by atoms with Crippen LogP contribution in [0.1, 0.15) is 30.1 Å². The van der Waals surface area contributed by atoms with Crippen molar-refractivity contribution in [3.63, 3.8) is 0 Å². The van der Waals surface area contributed by atoms with Crippen molar-refractivity contribution in [2.45, 2.75) is 25.4 Å². The van der Waals surface area contributed by atoms with Gasteiger partial charge in [-0.15, -0.1) is 0 Å². The molecule has 0 spiro atoms. The van der Waals surface area contributed by atoms with Gasteiger partial charge < -0.3 is 15.0 Å². The fourth-order valence-corrected chi connectivity index (χ4v) is 2.63. The fraction of sp³-hybridized carbons (Fsp3) is 0.533. The summed E-state index contributed by atoms with van der Waals surface area (Å²) in [5.74, 6) is 0.673. The molecule has 0 radical (unpaired) electrons. The first kappa shape index (κ1) is 13.2. The smallest absolute Gasteiger partial charge is 0.253 e. The Morgan fingerprint density at radius 2 is 2.15 bits per heavy atom. The van der Waals surface area contributed by atoms with Crippen LogP contribution in [0.3, 0.4) is 0 Å². The van der Waals surface area contributed by atoms with Crippen molar-refractivity contribution in [1.29, 1.82) is 0 Å². The van der Waals surface area contributed by atoms with Gasteiger partial charge in [0.25, 0.3) is 5.91 Å². The molecule has 0 atom stereocenters. The summed E-state index contributed by atoms with van der Waals surface area (Å²) in [6.07, 6.45) is 0.809. The lowest BCUT2D eigenvalue weighted by atomic mass is 9.95. The lowest BCUT2D eigenvalue weighted by Crippen LogP contribution is -2.43. The highest BCUT2D eigenvalue weighted by molar-refractivity contribution is 5.95. The Balaban J connectivity index is 1.74. The number of ether oxygens (including phenoxy) is 1. The first-order valence-electron chi connectivity index (χ1n) is 7.04. The Labute approximate surface area is 117 Å². The van der Waals surface area contributed by atoms with Gasteiger partial charge in [-0.3, -0.25) is 4.79 Å². The molecule has 1 aromatic rings. The van der Waals surface area contributed by atoms with Gasteiger partial charge in [0.1, 0.15) is 18.0 Å². The number of hydrogen-bond donors (Lipinski definition) is 1. The van der Waals surface area contributed by atoms with Gasteiger partial charge in [-0.2, -0.15) is 0 Å². The second kappa shape index (κ2) is 4.96. The van der Waals surface area contributed by atoms with Gasteiger partial charge in [-0.25, -0.2) is 4.39 Å². The van der Waals surface area contributed by atoms with E-state index in [0.717, 1.165) is 18.0 Å². The molecule has 3 rings (SSSR count). The summed E-state index contributed by atoms with van der Waals surface area (Å²) in [6.45, 7) is 3.94. The van der Waals surface area contributed by atoms with Crippen LogP contribution in [0.5, 0.6) is 5.75 Å². The maximum Gasteiger partial charge on any atom is 0.253 e. The van der Waals surface area contributed by atoms with Crippen LogP contribution in [0.25, 0.3) is 0 Å². The van der Waals surface area contributed by atoms with E-state index in [1.54, 1.807) is 24.0 Å². The predicted octanol–water partition coefficient (Wildman–Crippen LogP) is 2.46. The zero-order valence-corrected chi connectivity index (χ0v) is 11.6.